The number of allylic oxidation sites excluding steroid dienone is 1. The molecule has 1 aromatic carbocycles. The normalized spacial score (nSPS) is 11.9. The molecule has 0 spiro atoms. The Labute approximate surface area is 235 Å². The van der Waals surface area contributed by atoms with Crippen molar-refractivity contribution in [3.05, 3.63) is 57.9 Å². The number of carbonyl (C=O) groups excluding carboxylic acids is 3. The largest absolute Gasteiger partial charge is 0.464 e. The molecule has 0 aliphatic carbocycles. The number of unbranched alkanes of at least 4 members (excludes halogenated alkanes) is 1. The van der Waals surface area contributed by atoms with Crippen molar-refractivity contribution in [1.29, 1.82) is 5.41 Å². The number of nitrogen functional groups attached to an aromatic ring is 1. The second kappa shape index (κ2) is 16.0. The molecule has 0 fully saturated rings. The Morgan fingerprint density at radius 2 is 1.85 bits per heavy atom. The van der Waals surface area contributed by atoms with Gasteiger partial charge in [-0.2, -0.15) is 0 Å². The summed E-state index contributed by atoms with van der Waals surface area (Å²) in [5, 5.41) is 16.1. The van der Waals surface area contributed by atoms with Crippen LogP contribution >= 0.6 is 0 Å². The topological polar surface area (TPSA) is 172 Å². The van der Waals surface area contributed by atoms with Crippen LogP contribution in [0.5, 0.6) is 0 Å². The van der Waals surface area contributed by atoms with E-state index in [4.69, 9.17) is 15.9 Å². The van der Waals surface area contributed by atoms with Gasteiger partial charge < -0.3 is 31.8 Å². The van der Waals surface area contributed by atoms with Gasteiger partial charge in [0, 0.05) is 36.1 Å². The molecule has 0 aliphatic rings. The van der Waals surface area contributed by atoms with Gasteiger partial charge in [0.05, 0.1) is 23.6 Å². The van der Waals surface area contributed by atoms with Crippen LogP contribution in [-0.2, 0) is 20.7 Å². The highest BCUT2D eigenvalue weighted by Crippen LogP contribution is 2.17. The number of amides is 2. The fraction of sp³-hybridized carbons (Fsp3) is 0.448. The lowest BCUT2D eigenvalue weighted by Gasteiger charge is -2.19. The van der Waals surface area contributed by atoms with Crippen LogP contribution in [0.15, 0.2) is 29.8 Å². The fourth-order valence-electron chi connectivity index (χ4n) is 3.94. The molecule has 0 bridgehead atoms. The zero-order valence-corrected chi connectivity index (χ0v) is 24.0. The molecule has 0 saturated heterocycles. The van der Waals surface area contributed by atoms with Crippen molar-refractivity contribution in [2.24, 2.45) is 0 Å². The minimum Gasteiger partial charge on any atom is -0.464 e. The fourth-order valence-corrected chi connectivity index (χ4v) is 3.94. The number of aryl methyl sites for hydroxylation is 3. The molecule has 2 aromatic rings. The molecule has 1 aromatic heterocycles. The van der Waals surface area contributed by atoms with Crippen LogP contribution in [0.3, 0.4) is 0 Å². The molecule has 2 rings (SSSR count). The lowest BCUT2D eigenvalue weighted by atomic mass is 10.0. The summed E-state index contributed by atoms with van der Waals surface area (Å²) in [7, 11) is 0. The number of nitrogens with zero attached hydrogens (tertiary/aromatic N) is 2. The van der Waals surface area contributed by atoms with E-state index in [-0.39, 0.29) is 24.6 Å². The molecule has 1 heterocycles. The van der Waals surface area contributed by atoms with Gasteiger partial charge in [-0.25, -0.2) is 14.8 Å². The highest BCUT2D eigenvalue weighted by molar-refractivity contribution is 5.99. The molecule has 6 N–H and O–H groups in total. The smallest absolute Gasteiger partial charge is 0.330 e. The van der Waals surface area contributed by atoms with Crippen LogP contribution in [0.1, 0.15) is 72.9 Å². The highest BCUT2D eigenvalue weighted by Gasteiger charge is 2.26. The Bertz CT molecular complexity index is 1220. The molecule has 2 amide bonds. The summed E-state index contributed by atoms with van der Waals surface area (Å²) in [6.07, 6.45) is 5.95. The Kier molecular flexibility index (Phi) is 12.7. The van der Waals surface area contributed by atoms with Gasteiger partial charge in [0.15, 0.2) is 0 Å². The molecular formula is C29H41N7O4. The highest BCUT2D eigenvalue weighted by atomic mass is 16.5. The van der Waals surface area contributed by atoms with E-state index in [9.17, 15) is 14.4 Å². The summed E-state index contributed by atoms with van der Waals surface area (Å²) in [5.41, 5.74) is 9.90. The van der Waals surface area contributed by atoms with Gasteiger partial charge in [-0.1, -0.05) is 31.6 Å². The zero-order valence-electron chi connectivity index (χ0n) is 24.0. The molecule has 1 atom stereocenters. The molecule has 11 heteroatoms. The third-order valence-corrected chi connectivity index (χ3v) is 6.37. The average molecular weight is 552 g/mol. The molecule has 11 nitrogen and oxygen atoms in total. The van der Waals surface area contributed by atoms with Gasteiger partial charge in [0.2, 0.25) is 11.9 Å². The van der Waals surface area contributed by atoms with Gasteiger partial charge in [0.25, 0.3) is 5.91 Å². The summed E-state index contributed by atoms with van der Waals surface area (Å²) in [6.45, 7) is 9.46. The Morgan fingerprint density at radius 3 is 2.48 bits per heavy atom. The van der Waals surface area contributed by atoms with Crippen LogP contribution in [0, 0.1) is 19.3 Å². The number of aromatic nitrogens is 2. The van der Waals surface area contributed by atoms with Gasteiger partial charge in [-0.3, -0.25) is 9.59 Å². The SMILES string of the molecule is CC=C(C)C(=O)NCC(NC(=O)c1c(C)nc(NCCCc2cccc(N)c2C=N)nc1C)C(=O)OCCCC. The summed E-state index contributed by atoms with van der Waals surface area (Å²) in [4.78, 5) is 47.0. The Balaban J connectivity index is 2.07. The van der Waals surface area contributed by atoms with Crippen LogP contribution < -0.4 is 21.7 Å². The van der Waals surface area contributed by atoms with Crippen LogP contribution in [0.4, 0.5) is 11.6 Å². The third kappa shape index (κ3) is 9.18. The average Bonchev–Trinajstić information content (AvgIpc) is 2.92. The van der Waals surface area contributed by atoms with E-state index in [1.165, 1.54) is 6.21 Å². The monoisotopic (exact) mass is 551 g/mol. The number of esters is 1. The molecule has 1 unspecified atom stereocenters. The first-order valence-electron chi connectivity index (χ1n) is 13.5. The van der Waals surface area contributed by atoms with Crippen molar-refractivity contribution in [1.82, 2.24) is 20.6 Å². The van der Waals surface area contributed by atoms with E-state index < -0.39 is 17.9 Å². The molecule has 216 valence electrons. The number of benzene rings is 1. The van der Waals surface area contributed by atoms with Gasteiger partial charge in [0.1, 0.15) is 6.04 Å². The zero-order chi connectivity index (χ0) is 29.7. The Morgan fingerprint density at radius 1 is 1.15 bits per heavy atom. The van der Waals surface area contributed by atoms with E-state index in [1.54, 1.807) is 39.8 Å². The first kappa shape index (κ1) is 31.9. The number of ether oxygens (including phenoxy) is 1. The van der Waals surface area contributed by atoms with Gasteiger partial charge >= 0.3 is 5.97 Å². The van der Waals surface area contributed by atoms with Gasteiger partial charge in [-0.05, 0) is 58.6 Å². The van der Waals surface area contributed by atoms with Crippen LogP contribution in [0.25, 0.3) is 0 Å². The number of anilines is 2. The summed E-state index contributed by atoms with van der Waals surface area (Å²) < 4.78 is 5.31. The number of hydrogen-bond donors (Lipinski definition) is 5. The summed E-state index contributed by atoms with van der Waals surface area (Å²) in [6, 6.07) is 4.52. The van der Waals surface area contributed by atoms with E-state index in [0.717, 1.165) is 30.4 Å². The van der Waals surface area contributed by atoms with Crippen molar-refractivity contribution in [2.75, 3.05) is 30.7 Å². The van der Waals surface area contributed by atoms with E-state index >= 15 is 0 Å². The van der Waals surface area contributed by atoms with E-state index in [2.05, 4.69) is 25.9 Å². The second-order valence-electron chi connectivity index (χ2n) is 9.42. The van der Waals surface area contributed by atoms with E-state index in [1.807, 2.05) is 19.1 Å². The standard InChI is InChI=1S/C29H41N7O4/c1-6-8-15-40-28(39)24(17-33-26(37)18(3)7-2)36-27(38)25-19(4)34-29(35-20(25)5)32-14-10-12-21-11-9-13-23(31)22(21)16-30/h7,9,11,13,16,24,30H,6,8,10,12,14-15,17,31H2,1-5H3,(H,33,37)(H,36,38)(H,32,34,35). The number of hydrogen-bond acceptors (Lipinski definition) is 9. The van der Waals surface area contributed by atoms with Crippen molar-refractivity contribution in [3.8, 4) is 0 Å². The predicted molar refractivity (Wildman–Crippen MR) is 157 cm³/mol. The quantitative estimate of drug-likeness (QED) is 0.0738. The van der Waals surface area contributed by atoms with E-state index in [0.29, 0.717) is 41.6 Å². The number of nitrogens with two attached hydrogens (primary N) is 1. The molecular weight excluding hydrogens is 510 g/mol. The van der Waals surface area contributed by atoms with Crippen molar-refractivity contribution >= 4 is 35.6 Å². The lowest BCUT2D eigenvalue weighted by Crippen LogP contribution is -2.49. The van der Waals surface area contributed by atoms with Gasteiger partial charge in [-0.15, -0.1) is 0 Å². The maximum atomic E-state index is 13.2. The maximum absolute atomic E-state index is 13.2. The minimum absolute atomic E-state index is 0.119. The first-order valence-corrected chi connectivity index (χ1v) is 13.5. The lowest BCUT2D eigenvalue weighted by molar-refractivity contribution is -0.146. The number of carbonyl (C=O) groups is 3. The molecule has 40 heavy (non-hydrogen) atoms. The Hall–Kier alpha value is -4.28. The summed E-state index contributed by atoms with van der Waals surface area (Å²) in [5.74, 6) is -1.10. The van der Waals surface area contributed by atoms with Crippen molar-refractivity contribution in [3.63, 3.8) is 0 Å². The van der Waals surface area contributed by atoms with Crippen molar-refractivity contribution < 1.29 is 19.1 Å². The van der Waals surface area contributed by atoms with Crippen LogP contribution in [-0.4, -0.2) is 59.7 Å². The predicted octanol–water partition coefficient (Wildman–Crippen LogP) is 3.24. The van der Waals surface area contributed by atoms with Crippen LogP contribution in [0.2, 0.25) is 0 Å². The maximum Gasteiger partial charge on any atom is 0.330 e. The molecule has 0 radical (unpaired) electrons. The third-order valence-electron chi connectivity index (χ3n) is 6.37. The minimum atomic E-state index is -1.08. The second-order valence-corrected chi connectivity index (χ2v) is 9.42. The molecule has 0 saturated carbocycles. The summed E-state index contributed by atoms with van der Waals surface area (Å²) >= 11 is 0. The molecule has 0 aliphatic heterocycles. The first-order chi connectivity index (χ1) is 19.1. The van der Waals surface area contributed by atoms with Crippen molar-refractivity contribution in [2.45, 2.75) is 66.3 Å². The number of rotatable bonds is 15. The number of nitrogens with one attached hydrogen (secondary N) is 4.